The quantitative estimate of drug-likeness (QED) is 0.607. The number of nitrogens with zero attached hydrogens (tertiary/aromatic N) is 3. The zero-order chi connectivity index (χ0) is 21.7. The number of methoxy groups -OCH3 is 1. The highest BCUT2D eigenvalue weighted by atomic mass is 16.5. The molecule has 0 aliphatic heterocycles. The van der Waals surface area contributed by atoms with Gasteiger partial charge in [-0.2, -0.15) is 5.10 Å². The molecule has 2 aromatic heterocycles. The van der Waals surface area contributed by atoms with Crippen molar-refractivity contribution in [2.24, 2.45) is 0 Å². The predicted octanol–water partition coefficient (Wildman–Crippen LogP) is 3.48. The third-order valence-electron chi connectivity index (χ3n) is 5.10. The van der Waals surface area contributed by atoms with E-state index in [1.54, 1.807) is 18.3 Å². The lowest BCUT2D eigenvalue weighted by molar-refractivity contribution is -0.140. The Labute approximate surface area is 176 Å². The Morgan fingerprint density at radius 1 is 1.13 bits per heavy atom. The fraction of sp³-hybridized carbons (Fsp3) is 0.304. The van der Waals surface area contributed by atoms with Gasteiger partial charge in [0.1, 0.15) is 0 Å². The molecule has 7 heteroatoms. The summed E-state index contributed by atoms with van der Waals surface area (Å²) in [6.45, 7) is 5.80. The van der Waals surface area contributed by atoms with Crippen LogP contribution in [0.4, 0.5) is 0 Å². The third-order valence-corrected chi connectivity index (χ3v) is 5.10. The van der Waals surface area contributed by atoms with E-state index in [0.29, 0.717) is 18.4 Å². The van der Waals surface area contributed by atoms with Gasteiger partial charge < -0.3 is 10.1 Å². The normalized spacial score (nSPS) is 11.7. The Morgan fingerprint density at radius 2 is 1.87 bits per heavy atom. The number of pyridine rings is 1. The molecule has 0 aliphatic rings. The molecular weight excluding hydrogens is 380 g/mol. The molecule has 1 atom stereocenters. The summed E-state index contributed by atoms with van der Waals surface area (Å²) in [5.41, 5.74) is 5.11. The Hall–Kier alpha value is -3.48. The van der Waals surface area contributed by atoms with Crippen molar-refractivity contribution in [2.45, 2.75) is 39.7 Å². The van der Waals surface area contributed by atoms with Crippen molar-refractivity contribution < 1.29 is 14.3 Å². The maximum Gasteiger partial charge on any atom is 0.305 e. The average molecular weight is 406 g/mol. The van der Waals surface area contributed by atoms with Crippen molar-refractivity contribution in [1.82, 2.24) is 20.1 Å². The average Bonchev–Trinajstić information content (AvgIpc) is 3.06. The van der Waals surface area contributed by atoms with Crippen LogP contribution in [0.3, 0.4) is 0 Å². The third kappa shape index (κ3) is 4.74. The van der Waals surface area contributed by atoms with Crippen LogP contribution < -0.4 is 5.32 Å². The number of carbonyl (C=O) groups excluding carboxylic acids is 2. The van der Waals surface area contributed by atoms with E-state index in [2.05, 4.69) is 15.4 Å². The van der Waals surface area contributed by atoms with E-state index in [9.17, 15) is 9.59 Å². The van der Waals surface area contributed by atoms with Gasteiger partial charge in [0.25, 0.3) is 5.91 Å². The Kier molecular flexibility index (Phi) is 6.61. The summed E-state index contributed by atoms with van der Waals surface area (Å²) in [5.74, 6) is -0.399. The van der Waals surface area contributed by atoms with Crippen molar-refractivity contribution in [1.29, 1.82) is 0 Å². The first-order valence-corrected chi connectivity index (χ1v) is 9.85. The van der Waals surface area contributed by atoms with Crippen LogP contribution in [0.2, 0.25) is 0 Å². The molecule has 0 saturated carbocycles. The highest BCUT2D eigenvalue weighted by Crippen LogP contribution is 2.20. The van der Waals surface area contributed by atoms with E-state index < -0.39 is 0 Å². The number of aryl methyl sites for hydroxylation is 1. The number of amides is 1. The molecule has 30 heavy (non-hydrogen) atoms. The molecule has 156 valence electrons. The van der Waals surface area contributed by atoms with Crippen molar-refractivity contribution in [3.63, 3.8) is 0 Å². The minimum Gasteiger partial charge on any atom is -0.469 e. The molecular formula is C23H26N4O3. The van der Waals surface area contributed by atoms with E-state index >= 15 is 0 Å². The number of carbonyl (C=O) groups is 2. The van der Waals surface area contributed by atoms with E-state index in [1.807, 2.05) is 55.8 Å². The topological polar surface area (TPSA) is 86.1 Å². The summed E-state index contributed by atoms with van der Waals surface area (Å²) in [6.07, 6.45) is 2.61. The van der Waals surface area contributed by atoms with Gasteiger partial charge in [-0.3, -0.25) is 14.6 Å². The smallest absolute Gasteiger partial charge is 0.305 e. The molecule has 0 saturated heterocycles. The number of nitrogens with one attached hydrogen (secondary N) is 1. The SMILES string of the molecule is COC(=O)CCc1c(C)nn(-c2ccc(C(=O)NC(C)c3ccccn3)cc2)c1C. The molecule has 1 amide bonds. The van der Waals surface area contributed by atoms with E-state index in [1.165, 1.54) is 7.11 Å². The second-order valence-electron chi connectivity index (χ2n) is 7.13. The molecule has 0 bridgehead atoms. The van der Waals surface area contributed by atoms with Crippen molar-refractivity contribution in [2.75, 3.05) is 7.11 Å². The second-order valence-corrected chi connectivity index (χ2v) is 7.13. The summed E-state index contributed by atoms with van der Waals surface area (Å²) in [5, 5.41) is 7.56. The summed E-state index contributed by atoms with van der Waals surface area (Å²) < 4.78 is 6.56. The van der Waals surface area contributed by atoms with Crippen molar-refractivity contribution in [3.8, 4) is 5.69 Å². The minimum atomic E-state index is -0.239. The van der Waals surface area contributed by atoms with Gasteiger partial charge in [0.2, 0.25) is 0 Å². The maximum atomic E-state index is 12.6. The molecule has 0 radical (unpaired) electrons. The Bertz CT molecular complexity index is 1030. The molecule has 1 N–H and O–H groups in total. The first-order valence-electron chi connectivity index (χ1n) is 9.85. The fourth-order valence-electron chi connectivity index (χ4n) is 3.36. The lowest BCUT2D eigenvalue weighted by Gasteiger charge is -2.13. The molecule has 3 rings (SSSR count). The van der Waals surface area contributed by atoms with Gasteiger partial charge in [-0.1, -0.05) is 6.07 Å². The highest BCUT2D eigenvalue weighted by molar-refractivity contribution is 5.94. The van der Waals surface area contributed by atoms with Crippen LogP contribution in [0.25, 0.3) is 5.69 Å². The predicted molar refractivity (Wildman–Crippen MR) is 113 cm³/mol. The summed E-state index contributed by atoms with van der Waals surface area (Å²) in [6, 6.07) is 12.7. The fourth-order valence-corrected chi connectivity index (χ4v) is 3.36. The van der Waals surface area contributed by atoms with Crippen molar-refractivity contribution >= 4 is 11.9 Å². The minimum absolute atomic E-state index is 0.160. The first-order chi connectivity index (χ1) is 14.4. The highest BCUT2D eigenvalue weighted by Gasteiger charge is 2.16. The van der Waals surface area contributed by atoms with E-state index in [-0.39, 0.29) is 17.9 Å². The molecule has 1 unspecified atom stereocenters. The van der Waals surface area contributed by atoms with E-state index in [0.717, 1.165) is 28.3 Å². The van der Waals surface area contributed by atoms with Crippen LogP contribution in [0, 0.1) is 13.8 Å². The molecule has 3 aromatic rings. The molecule has 0 spiro atoms. The van der Waals surface area contributed by atoms with E-state index in [4.69, 9.17) is 4.74 Å². The summed E-state index contributed by atoms with van der Waals surface area (Å²) in [7, 11) is 1.39. The monoisotopic (exact) mass is 406 g/mol. The lowest BCUT2D eigenvalue weighted by Crippen LogP contribution is -2.27. The van der Waals surface area contributed by atoms with Crippen LogP contribution in [-0.2, 0) is 16.0 Å². The molecule has 1 aromatic carbocycles. The number of hydrogen-bond acceptors (Lipinski definition) is 5. The number of hydrogen-bond donors (Lipinski definition) is 1. The summed E-state index contributed by atoms with van der Waals surface area (Å²) >= 11 is 0. The second kappa shape index (κ2) is 9.35. The number of ether oxygens (including phenoxy) is 1. The number of esters is 1. The first kappa shape index (κ1) is 21.2. The van der Waals surface area contributed by atoms with Crippen molar-refractivity contribution in [3.05, 3.63) is 76.9 Å². The number of aromatic nitrogens is 3. The Balaban J connectivity index is 1.72. The molecule has 7 nitrogen and oxygen atoms in total. The largest absolute Gasteiger partial charge is 0.469 e. The van der Waals surface area contributed by atoms with Gasteiger partial charge in [-0.15, -0.1) is 0 Å². The maximum absolute atomic E-state index is 12.6. The van der Waals surface area contributed by atoms with Gasteiger partial charge >= 0.3 is 5.97 Å². The Morgan fingerprint density at radius 3 is 2.50 bits per heavy atom. The van der Waals surface area contributed by atoms with Gasteiger partial charge in [0.05, 0.1) is 30.2 Å². The van der Waals surface area contributed by atoms with Gasteiger partial charge in [0, 0.05) is 23.9 Å². The molecule has 0 fully saturated rings. The zero-order valence-electron chi connectivity index (χ0n) is 17.7. The lowest BCUT2D eigenvalue weighted by atomic mass is 10.1. The van der Waals surface area contributed by atoms with Crippen LogP contribution in [0.1, 0.15) is 52.4 Å². The zero-order valence-corrected chi connectivity index (χ0v) is 17.7. The van der Waals surface area contributed by atoms with Crippen LogP contribution >= 0.6 is 0 Å². The van der Waals surface area contributed by atoms with Gasteiger partial charge in [-0.05, 0) is 69.2 Å². The molecule has 0 aliphatic carbocycles. The molecule has 2 heterocycles. The standard InChI is InChI=1S/C23H26N4O3/c1-15-20(12-13-22(28)30-4)17(3)27(26-15)19-10-8-18(9-11-19)23(29)25-16(2)21-7-5-6-14-24-21/h5-11,14,16H,12-13H2,1-4H3,(H,25,29). The van der Waals surface area contributed by atoms with Crippen LogP contribution in [0.5, 0.6) is 0 Å². The number of rotatable bonds is 7. The summed E-state index contributed by atoms with van der Waals surface area (Å²) in [4.78, 5) is 28.3. The van der Waals surface area contributed by atoms with Crippen LogP contribution in [0.15, 0.2) is 48.7 Å². The van der Waals surface area contributed by atoms with Gasteiger partial charge in [-0.25, -0.2) is 4.68 Å². The van der Waals surface area contributed by atoms with Crippen LogP contribution in [-0.4, -0.2) is 33.8 Å². The number of benzene rings is 1. The van der Waals surface area contributed by atoms with Gasteiger partial charge in [0.15, 0.2) is 0 Å².